The molecule has 2 amide bonds. The Bertz CT molecular complexity index is 1320. The molecular weight excluding hydrogens is 492 g/mol. The van der Waals surface area contributed by atoms with E-state index in [0.29, 0.717) is 33.2 Å². The highest BCUT2D eigenvalue weighted by atomic mass is 35.5. The van der Waals surface area contributed by atoms with Gasteiger partial charge in [0.25, 0.3) is 5.91 Å². The van der Waals surface area contributed by atoms with Gasteiger partial charge in [0.15, 0.2) is 16.1 Å². The van der Waals surface area contributed by atoms with Gasteiger partial charge in [-0.05, 0) is 37.3 Å². The minimum atomic E-state index is -0.426. The minimum Gasteiger partial charge on any atom is -0.342 e. The number of nitrogens with one attached hydrogen (secondary N) is 2. The molecule has 0 radical (unpaired) electrons. The summed E-state index contributed by atoms with van der Waals surface area (Å²) in [5.41, 5.74) is 1.30. The number of benzene rings is 2. The van der Waals surface area contributed by atoms with Crippen molar-refractivity contribution < 1.29 is 9.59 Å². The SMILES string of the molecule is C=CCn1c(SCC(=O)Nc2nc3ccccc3s2)nnc1[C@H](C)NC(=O)c1cccc(Cl)c1. The lowest BCUT2D eigenvalue weighted by molar-refractivity contribution is -0.113. The van der Waals surface area contributed by atoms with Crippen LogP contribution in [0.2, 0.25) is 5.02 Å². The molecular formula is C23H21ClN6O2S2. The fourth-order valence-electron chi connectivity index (χ4n) is 3.21. The van der Waals surface area contributed by atoms with Gasteiger partial charge in [0.2, 0.25) is 5.91 Å². The number of amides is 2. The first-order chi connectivity index (χ1) is 16.4. The summed E-state index contributed by atoms with van der Waals surface area (Å²) in [5, 5.41) is 15.8. The van der Waals surface area contributed by atoms with Gasteiger partial charge < -0.3 is 15.2 Å². The van der Waals surface area contributed by atoms with Crippen LogP contribution < -0.4 is 10.6 Å². The summed E-state index contributed by atoms with van der Waals surface area (Å²) >= 11 is 8.66. The van der Waals surface area contributed by atoms with E-state index in [1.807, 2.05) is 35.8 Å². The third-order valence-electron chi connectivity index (χ3n) is 4.75. The number of carbonyl (C=O) groups is 2. The molecule has 2 aromatic heterocycles. The first kappa shape index (κ1) is 23.9. The van der Waals surface area contributed by atoms with Crippen molar-refractivity contribution in [3.8, 4) is 0 Å². The van der Waals surface area contributed by atoms with Crippen LogP contribution in [0.3, 0.4) is 0 Å². The van der Waals surface area contributed by atoms with E-state index in [0.717, 1.165) is 10.2 Å². The van der Waals surface area contributed by atoms with Gasteiger partial charge >= 0.3 is 0 Å². The molecule has 11 heteroatoms. The van der Waals surface area contributed by atoms with Crippen LogP contribution >= 0.6 is 34.7 Å². The van der Waals surface area contributed by atoms with Crippen LogP contribution in [0.15, 0.2) is 66.3 Å². The molecule has 0 aliphatic carbocycles. The molecule has 2 N–H and O–H groups in total. The summed E-state index contributed by atoms with van der Waals surface area (Å²) in [4.78, 5) is 29.5. The third kappa shape index (κ3) is 5.64. The van der Waals surface area contributed by atoms with Crippen molar-refractivity contribution >= 4 is 61.9 Å². The van der Waals surface area contributed by atoms with Crippen LogP contribution in [0.5, 0.6) is 0 Å². The molecule has 0 saturated heterocycles. The molecule has 4 aromatic rings. The predicted molar refractivity (Wildman–Crippen MR) is 137 cm³/mol. The van der Waals surface area contributed by atoms with Crippen molar-refractivity contribution in [1.29, 1.82) is 0 Å². The summed E-state index contributed by atoms with van der Waals surface area (Å²) < 4.78 is 2.83. The largest absolute Gasteiger partial charge is 0.342 e. The lowest BCUT2D eigenvalue weighted by Gasteiger charge is -2.15. The molecule has 2 heterocycles. The normalized spacial score (nSPS) is 11.8. The van der Waals surface area contributed by atoms with Crippen molar-refractivity contribution in [1.82, 2.24) is 25.1 Å². The van der Waals surface area contributed by atoms with Gasteiger partial charge in [-0.2, -0.15) is 0 Å². The Labute approximate surface area is 209 Å². The molecule has 0 spiro atoms. The number of nitrogens with zero attached hydrogens (tertiary/aromatic N) is 4. The van der Waals surface area contributed by atoms with E-state index in [-0.39, 0.29) is 17.6 Å². The molecule has 0 unspecified atom stereocenters. The number of fused-ring (bicyclic) bond motifs is 1. The average Bonchev–Trinajstić information content (AvgIpc) is 3.41. The van der Waals surface area contributed by atoms with Crippen LogP contribution in [0.4, 0.5) is 5.13 Å². The zero-order chi connectivity index (χ0) is 24.1. The van der Waals surface area contributed by atoms with Crippen LogP contribution in [-0.4, -0.2) is 37.3 Å². The minimum absolute atomic E-state index is 0.133. The van der Waals surface area contributed by atoms with E-state index in [2.05, 4.69) is 32.4 Å². The van der Waals surface area contributed by atoms with Gasteiger partial charge in [0, 0.05) is 17.1 Å². The van der Waals surface area contributed by atoms with Gasteiger partial charge in [0.1, 0.15) is 0 Å². The first-order valence-electron chi connectivity index (χ1n) is 10.3. The number of thiazole rings is 1. The number of hydrogen-bond acceptors (Lipinski definition) is 7. The maximum Gasteiger partial charge on any atom is 0.251 e. The van der Waals surface area contributed by atoms with Crippen molar-refractivity contribution in [2.24, 2.45) is 0 Å². The second kappa shape index (κ2) is 10.8. The van der Waals surface area contributed by atoms with E-state index in [9.17, 15) is 9.59 Å². The van der Waals surface area contributed by atoms with Crippen molar-refractivity contribution in [2.45, 2.75) is 24.7 Å². The maximum atomic E-state index is 12.6. The molecule has 0 bridgehead atoms. The van der Waals surface area contributed by atoms with Crippen molar-refractivity contribution in [3.63, 3.8) is 0 Å². The molecule has 4 rings (SSSR count). The number of hydrogen-bond donors (Lipinski definition) is 2. The Kier molecular flexibility index (Phi) is 7.61. The van der Waals surface area contributed by atoms with Gasteiger partial charge in [-0.1, -0.05) is 59.0 Å². The fraction of sp³-hybridized carbons (Fsp3) is 0.174. The van der Waals surface area contributed by atoms with E-state index in [1.165, 1.54) is 23.1 Å². The predicted octanol–water partition coefficient (Wildman–Crippen LogP) is 4.95. The maximum absolute atomic E-state index is 12.6. The molecule has 0 fully saturated rings. The Morgan fingerprint density at radius 3 is 2.82 bits per heavy atom. The Balaban J connectivity index is 1.41. The number of carbonyl (C=O) groups excluding carboxylic acids is 2. The lowest BCUT2D eigenvalue weighted by atomic mass is 10.2. The number of rotatable bonds is 9. The van der Waals surface area contributed by atoms with Gasteiger partial charge in [-0.3, -0.25) is 9.59 Å². The number of thioether (sulfide) groups is 1. The highest BCUT2D eigenvalue weighted by Gasteiger charge is 2.21. The average molecular weight is 513 g/mol. The third-order valence-corrected chi connectivity index (χ3v) is 6.91. The Morgan fingerprint density at radius 1 is 1.24 bits per heavy atom. The summed E-state index contributed by atoms with van der Waals surface area (Å²) in [6.07, 6.45) is 1.71. The standard InChI is InChI=1S/C23H21ClN6O2S2/c1-3-11-30-20(14(2)25-21(32)15-7-6-8-16(24)12-15)28-29-23(30)33-13-19(31)27-22-26-17-9-4-5-10-18(17)34-22/h3-10,12,14H,1,11,13H2,2H3,(H,25,32)(H,26,27,31)/t14-/m0/s1. The first-order valence-corrected chi connectivity index (χ1v) is 12.5. The highest BCUT2D eigenvalue weighted by Crippen LogP contribution is 2.26. The molecule has 174 valence electrons. The topological polar surface area (TPSA) is 102 Å². The fourth-order valence-corrected chi connectivity index (χ4v) is 5.04. The lowest BCUT2D eigenvalue weighted by Crippen LogP contribution is -2.28. The van der Waals surface area contributed by atoms with E-state index >= 15 is 0 Å². The van der Waals surface area contributed by atoms with E-state index in [1.54, 1.807) is 30.3 Å². The van der Waals surface area contributed by atoms with Crippen LogP contribution in [0.25, 0.3) is 10.2 Å². The molecule has 34 heavy (non-hydrogen) atoms. The molecule has 2 aromatic carbocycles. The number of halogens is 1. The second-order valence-corrected chi connectivity index (χ2v) is 9.68. The van der Waals surface area contributed by atoms with Crippen LogP contribution in [-0.2, 0) is 11.3 Å². The van der Waals surface area contributed by atoms with Crippen LogP contribution in [0.1, 0.15) is 29.1 Å². The zero-order valence-corrected chi connectivity index (χ0v) is 20.6. The Morgan fingerprint density at radius 2 is 2.06 bits per heavy atom. The molecule has 0 saturated carbocycles. The smallest absolute Gasteiger partial charge is 0.251 e. The molecule has 0 aliphatic heterocycles. The summed E-state index contributed by atoms with van der Waals surface area (Å²) in [5.74, 6) is 0.229. The summed E-state index contributed by atoms with van der Waals surface area (Å²) in [6, 6.07) is 14.0. The molecule has 1 atom stereocenters. The molecule has 8 nitrogen and oxygen atoms in total. The molecule has 0 aliphatic rings. The summed E-state index contributed by atoms with van der Waals surface area (Å²) in [6.45, 7) is 6.05. The van der Waals surface area contributed by atoms with Gasteiger partial charge in [0.05, 0.1) is 22.0 Å². The van der Waals surface area contributed by atoms with Crippen molar-refractivity contribution in [2.75, 3.05) is 11.1 Å². The van der Waals surface area contributed by atoms with Crippen molar-refractivity contribution in [3.05, 3.63) is 77.6 Å². The summed E-state index contributed by atoms with van der Waals surface area (Å²) in [7, 11) is 0. The van der Waals surface area contributed by atoms with E-state index < -0.39 is 6.04 Å². The van der Waals surface area contributed by atoms with Gasteiger partial charge in [-0.25, -0.2) is 4.98 Å². The number of allylic oxidation sites excluding steroid dienone is 1. The van der Waals surface area contributed by atoms with Crippen LogP contribution in [0, 0.1) is 0 Å². The number of aromatic nitrogens is 4. The number of anilines is 1. The second-order valence-electron chi connectivity index (χ2n) is 7.27. The zero-order valence-electron chi connectivity index (χ0n) is 18.2. The highest BCUT2D eigenvalue weighted by molar-refractivity contribution is 7.99. The van der Waals surface area contributed by atoms with Gasteiger partial charge in [-0.15, -0.1) is 16.8 Å². The van der Waals surface area contributed by atoms with E-state index in [4.69, 9.17) is 11.6 Å². The number of para-hydroxylation sites is 1. The monoisotopic (exact) mass is 512 g/mol. The quantitative estimate of drug-likeness (QED) is 0.243. The Hall–Kier alpha value is -3.21.